The SMILES string of the molecule is CC(C)C1CC(S(N)(=O)=O)C1. The van der Waals surface area contributed by atoms with Gasteiger partial charge in [-0.1, -0.05) is 13.8 Å². The molecule has 1 rings (SSSR count). The van der Waals surface area contributed by atoms with Gasteiger partial charge in [-0.2, -0.15) is 0 Å². The van der Waals surface area contributed by atoms with Crippen LogP contribution in [0.1, 0.15) is 26.7 Å². The molecule has 0 aromatic rings. The normalized spacial score (nSPS) is 32.0. The molecule has 4 heteroatoms. The fourth-order valence-corrected chi connectivity index (χ4v) is 2.45. The van der Waals surface area contributed by atoms with Crippen molar-refractivity contribution in [2.24, 2.45) is 17.0 Å². The van der Waals surface area contributed by atoms with Gasteiger partial charge < -0.3 is 0 Å². The van der Waals surface area contributed by atoms with Gasteiger partial charge in [0, 0.05) is 0 Å². The summed E-state index contributed by atoms with van der Waals surface area (Å²) >= 11 is 0. The molecule has 1 saturated carbocycles. The fourth-order valence-electron chi connectivity index (χ4n) is 1.42. The van der Waals surface area contributed by atoms with Gasteiger partial charge in [0.2, 0.25) is 10.0 Å². The topological polar surface area (TPSA) is 60.2 Å². The summed E-state index contributed by atoms with van der Waals surface area (Å²) in [6.45, 7) is 4.23. The van der Waals surface area contributed by atoms with E-state index in [0.29, 0.717) is 11.8 Å². The monoisotopic (exact) mass is 177 g/mol. The van der Waals surface area contributed by atoms with Crippen LogP contribution in [0.15, 0.2) is 0 Å². The van der Waals surface area contributed by atoms with Gasteiger partial charge in [-0.05, 0) is 24.7 Å². The quantitative estimate of drug-likeness (QED) is 0.675. The van der Waals surface area contributed by atoms with E-state index in [2.05, 4.69) is 13.8 Å². The Hall–Kier alpha value is -0.0900. The maximum atomic E-state index is 10.8. The maximum absolute atomic E-state index is 10.8. The van der Waals surface area contributed by atoms with Gasteiger partial charge >= 0.3 is 0 Å². The first-order valence-corrected chi connectivity index (χ1v) is 5.54. The van der Waals surface area contributed by atoms with Gasteiger partial charge in [0.15, 0.2) is 0 Å². The molecule has 2 N–H and O–H groups in total. The first kappa shape index (κ1) is 9.00. The average molecular weight is 177 g/mol. The summed E-state index contributed by atoms with van der Waals surface area (Å²) in [4.78, 5) is 0. The second-order valence-corrected chi connectivity index (χ2v) is 5.53. The summed E-state index contributed by atoms with van der Waals surface area (Å²) in [6, 6.07) is 0. The Morgan fingerprint density at radius 2 is 1.82 bits per heavy atom. The highest BCUT2D eigenvalue weighted by molar-refractivity contribution is 7.89. The maximum Gasteiger partial charge on any atom is 0.211 e. The zero-order valence-electron chi connectivity index (χ0n) is 6.95. The minimum absolute atomic E-state index is 0.255. The molecular weight excluding hydrogens is 162 g/mol. The summed E-state index contributed by atoms with van der Waals surface area (Å²) in [7, 11) is -3.23. The number of primary sulfonamides is 1. The molecule has 0 aromatic heterocycles. The lowest BCUT2D eigenvalue weighted by molar-refractivity contribution is 0.237. The molecule has 0 bridgehead atoms. The number of rotatable bonds is 2. The van der Waals surface area contributed by atoms with Crippen molar-refractivity contribution in [2.75, 3.05) is 0 Å². The minimum Gasteiger partial charge on any atom is -0.228 e. The average Bonchev–Trinajstić information content (AvgIpc) is 1.51. The summed E-state index contributed by atoms with van der Waals surface area (Å²) in [5, 5.41) is 4.72. The van der Waals surface area contributed by atoms with Crippen LogP contribution in [-0.2, 0) is 10.0 Å². The molecule has 0 radical (unpaired) electrons. The van der Waals surface area contributed by atoms with E-state index in [1.165, 1.54) is 0 Å². The number of hydrogen-bond donors (Lipinski definition) is 1. The predicted molar refractivity (Wildman–Crippen MR) is 44.5 cm³/mol. The van der Waals surface area contributed by atoms with Crippen LogP contribution < -0.4 is 5.14 Å². The lowest BCUT2D eigenvalue weighted by Gasteiger charge is -2.36. The summed E-state index contributed by atoms with van der Waals surface area (Å²) in [6.07, 6.45) is 1.52. The standard InChI is InChI=1S/C7H15NO2S/c1-5(2)6-3-7(4-6)11(8,9)10/h5-7H,3-4H2,1-2H3,(H2,8,9,10). The van der Waals surface area contributed by atoms with Crippen molar-refractivity contribution in [1.29, 1.82) is 0 Å². The van der Waals surface area contributed by atoms with Gasteiger partial charge in [-0.15, -0.1) is 0 Å². The van der Waals surface area contributed by atoms with E-state index in [9.17, 15) is 8.42 Å². The first-order valence-electron chi connectivity index (χ1n) is 3.93. The van der Waals surface area contributed by atoms with Crippen LogP contribution in [0, 0.1) is 11.8 Å². The van der Waals surface area contributed by atoms with Crippen molar-refractivity contribution < 1.29 is 8.42 Å². The molecule has 11 heavy (non-hydrogen) atoms. The van der Waals surface area contributed by atoms with E-state index in [1.807, 2.05) is 0 Å². The van der Waals surface area contributed by atoms with Crippen molar-refractivity contribution in [2.45, 2.75) is 31.9 Å². The van der Waals surface area contributed by atoms with Crippen molar-refractivity contribution in [3.8, 4) is 0 Å². The number of nitrogens with two attached hydrogens (primary N) is 1. The second kappa shape index (κ2) is 2.75. The van der Waals surface area contributed by atoms with Crippen molar-refractivity contribution in [3.63, 3.8) is 0 Å². The number of sulfonamides is 1. The Morgan fingerprint density at radius 3 is 2.09 bits per heavy atom. The Bertz CT molecular complexity index is 227. The zero-order chi connectivity index (χ0) is 8.65. The summed E-state index contributed by atoms with van der Waals surface area (Å²) in [5.74, 6) is 1.16. The van der Waals surface area contributed by atoms with Crippen LogP contribution in [0.25, 0.3) is 0 Å². The smallest absolute Gasteiger partial charge is 0.211 e. The third kappa shape index (κ3) is 1.93. The molecule has 0 saturated heterocycles. The fraction of sp³-hybridized carbons (Fsp3) is 1.00. The van der Waals surface area contributed by atoms with Crippen LogP contribution in [0.4, 0.5) is 0 Å². The molecule has 1 aliphatic rings. The summed E-state index contributed by atoms with van der Waals surface area (Å²) in [5.41, 5.74) is 0. The molecule has 1 aliphatic carbocycles. The van der Waals surface area contributed by atoms with E-state index >= 15 is 0 Å². The highest BCUT2D eigenvalue weighted by atomic mass is 32.2. The molecule has 0 aliphatic heterocycles. The van der Waals surface area contributed by atoms with Crippen LogP contribution in [-0.4, -0.2) is 13.7 Å². The lowest BCUT2D eigenvalue weighted by atomic mass is 9.77. The van der Waals surface area contributed by atoms with Gasteiger partial charge in [-0.3, -0.25) is 0 Å². The highest BCUT2D eigenvalue weighted by Crippen LogP contribution is 2.36. The Labute approximate surface area is 68.0 Å². The molecule has 0 spiro atoms. The molecule has 0 amide bonds. The van der Waals surface area contributed by atoms with Crippen molar-refractivity contribution >= 4 is 10.0 Å². The minimum atomic E-state index is -3.23. The van der Waals surface area contributed by atoms with E-state index in [-0.39, 0.29) is 5.25 Å². The van der Waals surface area contributed by atoms with E-state index in [0.717, 1.165) is 12.8 Å². The predicted octanol–water partition coefficient (Wildman–Crippen LogP) is 0.710. The third-order valence-electron chi connectivity index (χ3n) is 2.54. The number of hydrogen-bond acceptors (Lipinski definition) is 2. The van der Waals surface area contributed by atoms with E-state index < -0.39 is 10.0 Å². The van der Waals surface area contributed by atoms with Crippen molar-refractivity contribution in [1.82, 2.24) is 0 Å². The van der Waals surface area contributed by atoms with Crippen LogP contribution in [0.2, 0.25) is 0 Å². The molecule has 0 unspecified atom stereocenters. The van der Waals surface area contributed by atoms with Crippen molar-refractivity contribution in [3.05, 3.63) is 0 Å². The molecule has 3 nitrogen and oxygen atoms in total. The first-order chi connectivity index (χ1) is 4.91. The third-order valence-corrected chi connectivity index (χ3v) is 3.85. The second-order valence-electron chi connectivity index (χ2n) is 3.69. The van der Waals surface area contributed by atoms with Gasteiger partial charge in [0.05, 0.1) is 5.25 Å². The molecule has 66 valence electrons. The largest absolute Gasteiger partial charge is 0.228 e. The van der Waals surface area contributed by atoms with Crippen LogP contribution in [0.3, 0.4) is 0 Å². The Kier molecular flexibility index (Phi) is 2.25. The van der Waals surface area contributed by atoms with Gasteiger partial charge in [-0.25, -0.2) is 13.6 Å². The molecule has 0 atom stereocenters. The molecule has 0 heterocycles. The Morgan fingerprint density at radius 1 is 1.36 bits per heavy atom. The molecule has 1 fully saturated rings. The summed E-state index contributed by atoms with van der Waals surface area (Å²) < 4.78 is 21.5. The van der Waals surface area contributed by atoms with E-state index in [1.54, 1.807) is 0 Å². The van der Waals surface area contributed by atoms with Gasteiger partial charge in [0.1, 0.15) is 0 Å². The van der Waals surface area contributed by atoms with E-state index in [4.69, 9.17) is 5.14 Å². The Balaban J connectivity index is 2.42. The molecule has 0 aromatic carbocycles. The highest BCUT2D eigenvalue weighted by Gasteiger charge is 2.37. The zero-order valence-corrected chi connectivity index (χ0v) is 7.76. The van der Waals surface area contributed by atoms with Crippen LogP contribution >= 0.6 is 0 Å². The van der Waals surface area contributed by atoms with Crippen LogP contribution in [0.5, 0.6) is 0 Å². The van der Waals surface area contributed by atoms with Gasteiger partial charge in [0.25, 0.3) is 0 Å². The molecular formula is C7H15NO2S. The lowest BCUT2D eigenvalue weighted by Crippen LogP contribution is -2.41.